The van der Waals surface area contributed by atoms with Gasteiger partial charge in [0.25, 0.3) is 5.91 Å². The Bertz CT molecular complexity index is 1390. The van der Waals surface area contributed by atoms with Gasteiger partial charge in [0.05, 0.1) is 16.8 Å². The quantitative estimate of drug-likeness (QED) is 0.270. The summed E-state index contributed by atoms with van der Waals surface area (Å²) in [6.45, 7) is 1.97. The highest BCUT2D eigenvalue weighted by molar-refractivity contribution is 9.10. The molecule has 178 valence electrons. The third-order valence-corrected chi connectivity index (χ3v) is 6.52. The van der Waals surface area contributed by atoms with Crippen molar-refractivity contribution < 1.29 is 19.1 Å². The molecule has 5 nitrogen and oxygen atoms in total. The zero-order chi connectivity index (χ0) is 24.9. The number of hydrogen-bond acceptors (Lipinski definition) is 3. The first kappa shape index (κ1) is 24.5. The molecule has 0 aliphatic rings. The lowest BCUT2D eigenvalue weighted by Crippen LogP contribution is -2.30. The van der Waals surface area contributed by atoms with E-state index < -0.39 is 17.7 Å². The van der Waals surface area contributed by atoms with Gasteiger partial charge < -0.3 is 10.4 Å². The van der Waals surface area contributed by atoms with E-state index in [4.69, 9.17) is 10.1 Å². The smallest absolute Gasteiger partial charge is 0.303 e. The molecule has 4 rings (SSSR count). The second kappa shape index (κ2) is 10.8. The van der Waals surface area contributed by atoms with Crippen LogP contribution in [0.1, 0.15) is 40.2 Å². The lowest BCUT2D eigenvalue weighted by molar-refractivity contribution is -0.137. The minimum Gasteiger partial charge on any atom is -0.481 e. The fourth-order valence-electron chi connectivity index (χ4n) is 4.28. The number of nitrogens with one attached hydrogen (secondary N) is 1. The molecule has 1 atom stereocenters. The van der Waals surface area contributed by atoms with E-state index in [9.17, 15) is 14.0 Å². The molecule has 0 spiro atoms. The van der Waals surface area contributed by atoms with Crippen LogP contribution in [0.25, 0.3) is 22.2 Å². The molecule has 0 saturated heterocycles. The van der Waals surface area contributed by atoms with Crippen LogP contribution in [0.5, 0.6) is 0 Å². The largest absolute Gasteiger partial charge is 0.481 e. The van der Waals surface area contributed by atoms with Gasteiger partial charge in [0.1, 0.15) is 5.82 Å². The van der Waals surface area contributed by atoms with Crippen molar-refractivity contribution in [2.75, 3.05) is 6.54 Å². The topological polar surface area (TPSA) is 79.3 Å². The Labute approximate surface area is 211 Å². The molecule has 1 amide bonds. The van der Waals surface area contributed by atoms with Crippen LogP contribution >= 0.6 is 15.9 Å². The molecule has 0 radical (unpaired) electrons. The van der Waals surface area contributed by atoms with E-state index in [0.717, 1.165) is 15.6 Å². The van der Waals surface area contributed by atoms with E-state index in [-0.39, 0.29) is 25.3 Å². The number of halogens is 2. The van der Waals surface area contributed by atoms with Crippen LogP contribution in [0.2, 0.25) is 0 Å². The molecule has 3 aromatic carbocycles. The van der Waals surface area contributed by atoms with Gasteiger partial charge in [0, 0.05) is 34.3 Å². The Morgan fingerprint density at radius 3 is 2.49 bits per heavy atom. The second-order valence-corrected chi connectivity index (χ2v) is 9.26. The van der Waals surface area contributed by atoms with Crippen LogP contribution in [-0.2, 0) is 4.79 Å². The third kappa shape index (κ3) is 5.57. The maximum absolute atomic E-state index is 14.5. The van der Waals surface area contributed by atoms with Crippen LogP contribution in [-0.4, -0.2) is 28.5 Å². The lowest BCUT2D eigenvalue weighted by Gasteiger charge is -2.20. The number of hydrogen-bond donors (Lipinski definition) is 2. The van der Waals surface area contributed by atoms with Crippen molar-refractivity contribution in [3.8, 4) is 11.3 Å². The first-order valence-electron chi connectivity index (χ1n) is 11.2. The normalized spacial score (nSPS) is 11.9. The molecule has 0 saturated carbocycles. The molecule has 1 heterocycles. The molecule has 0 aliphatic carbocycles. The summed E-state index contributed by atoms with van der Waals surface area (Å²) in [6, 6.07) is 21.5. The number of amides is 1. The summed E-state index contributed by atoms with van der Waals surface area (Å²) < 4.78 is 15.3. The third-order valence-electron chi connectivity index (χ3n) is 6.03. The summed E-state index contributed by atoms with van der Waals surface area (Å²) in [5.74, 6) is -2.18. The van der Waals surface area contributed by atoms with E-state index in [1.165, 1.54) is 6.07 Å². The van der Waals surface area contributed by atoms with E-state index in [1.54, 1.807) is 18.2 Å². The van der Waals surface area contributed by atoms with Crippen LogP contribution < -0.4 is 5.32 Å². The Kier molecular flexibility index (Phi) is 7.56. The SMILES string of the molecule is Cc1c(-c2ccccc2)nc2ccc(Br)cc2c1C(=O)NC[C@@H](CCC(=O)O)c1ccccc1F. The fraction of sp³-hybridized carbons (Fsp3) is 0.179. The Balaban J connectivity index is 1.71. The molecular formula is C28H24BrFN2O3. The second-order valence-electron chi connectivity index (χ2n) is 8.35. The number of carboxylic acids is 1. The molecule has 0 unspecified atom stereocenters. The molecule has 7 heteroatoms. The van der Waals surface area contributed by atoms with Crippen LogP contribution in [0, 0.1) is 12.7 Å². The van der Waals surface area contributed by atoms with Crippen molar-refractivity contribution in [2.24, 2.45) is 0 Å². The van der Waals surface area contributed by atoms with E-state index in [0.29, 0.717) is 27.7 Å². The molecule has 2 N–H and O–H groups in total. The van der Waals surface area contributed by atoms with Gasteiger partial charge in [-0.3, -0.25) is 9.59 Å². The lowest BCUT2D eigenvalue weighted by atomic mass is 9.93. The predicted molar refractivity (Wildman–Crippen MR) is 138 cm³/mol. The Morgan fingerprint density at radius 1 is 1.06 bits per heavy atom. The van der Waals surface area contributed by atoms with Crippen LogP contribution in [0.4, 0.5) is 4.39 Å². The first-order valence-corrected chi connectivity index (χ1v) is 12.0. The van der Waals surface area contributed by atoms with Crippen LogP contribution in [0.15, 0.2) is 77.3 Å². The molecule has 1 aromatic heterocycles. The summed E-state index contributed by atoms with van der Waals surface area (Å²) in [5, 5.41) is 12.8. The van der Waals surface area contributed by atoms with Crippen molar-refractivity contribution >= 4 is 38.7 Å². The number of aromatic nitrogens is 1. The van der Waals surface area contributed by atoms with Gasteiger partial charge in [-0.25, -0.2) is 9.37 Å². The van der Waals surface area contributed by atoms with E-state index >= 15 is 0 Å². The number of pyridine rings is 1. The highest BCUT2D eigenvalue weighted by Crippen LogP contribution is 2.31. The number of carboxylic acid groups (broad SMARTS) is 1. The van der Waals surface area contributed by atoms with Gasteiger partial charge in [-0.05, 0) is 48.7 Å². The highest BCUT2D eigenvalue weighted by atomic mass is 79.9. The predicted octanol–water partition coefficient (Wildman–Crippen LogP) is 6.49. The molecule has 35 heavy (non-hydrogen) atoms. The van der Waals surface area contributed by atoms with Crippen molar-refractivity contribution in [1.82, 2.24) is 10.3 Å². The fourth-order valence-corrected chi connectivity index (χ4v) is 4.64. The summed E-state index contributed by atoms with van der Waals surface area (Å²) in [4.78, 5) is 29.6. The number of aliphatic carboxylic acids is 1. The summed E-state index contributed by atoms with van der Waals surface area (Å²) >= 11 is 3.48. The van der Waals surface area contributed by atoms with Gasteiger partial charge in [-0.2, -0.15) is 0 Å². The summed E-state index contributed by atoms with van der Waals surface area (Å²) in [5.41, 5.74) is 3.89. The van der Waals surface area contributed by atoms with Gasteiger partial charge >= 0.3 is 5.97 Å². The molecular weight excluding hydrogens is 511 g/mol. The molecule has 0 bridgehead atoms. The summed E-state index contributed by atoms with van der Waals surface area (Å²) in [6.07, 6.45) is 0.0740. The number of carbonyl (C=O) groups excluding carboxylic acids is 1. The number of rotatable bonds is 8. The highest BCUT2D eigenvalue weighted by Gasteiger charge is 2.22. The maximum Gasteiger partial charge on any atom is 0.303 e. The average Bonchev–Trinajstić information content (AvgIpc) is 2.84. The zero-order valence-corrected chi connectivity index (χ0v) is 20.7. The Morgan fingerprint density at radius 2 is 1.77 bits per heavy atom. The van der Waals surface area contributed by atoms with E-state index in [2.05, 4.69) is 21.2 Å². The zero-order valence-electron chi connectivity index (χ0n) is 19.1. The van der Waals surface area contributed by atoms with Gasteiger partial charge in [0.15, 0.2) is 0 Å². The first-order chi connectivity index (χ1) is 16.8. The average molecular weight is 535 g/mol. The minimum absolute atomic E-state index is 0.102. The number of carbonyl (C=O) groups is 2. The monoisotopic (exact) mass is 534 g/mol. The standard InChI is InChI=1S/C28H24BrFN2O3/c1-17-26(22-15-20(29)12-13-24(22)32-27(17)18-7-3-2-4-8-18)28(35)31-16-19(11-14-25(33)34)21-9-5-6-10-23(21)30/h2-10,12-13,15,19H,11,14,16H2,1H3,(H,31,35)(H,33,34)/t19-/m1/s1. The molecule has 0 fully saturated rings. The van der Waals surface area contributed by atoms with Crippen molar-refractivity contribution in [2.45, 2.75) is 25.7 Å². The number of benzene rings is 3. The van der Waals surface area contributed by atoms with Gasteiger partial charge in [-0.1, -0.05) is 64.5 Å². The number of fused-ring (bicyclic) bond motifs is 1. The molecule has 0 aliphatic heterocycles. The molecule has 4 aromatic rings. The van der Waals surface area contributed by atoms with Crippen molar-refractivity contribution in [3.05, 3.63) is 99.8 Å². The number of nitrogens with zero attached hydrogens (tertiary/aromatic N) is 1. The maximum atomic E-state index is 14.5. The Hall–Kier alpha value is -3.58. The van der Waals surface area contributed by atoms with Gasteiger partial charge in [-0.15, -0.1) is 0 Å². The van der Waals surface area contributed by atoms with Crippen molar-refractivity contribution in [3.63, 3.8) is 0 Å². The van der Waals surface area contributed by atoms with Crippen molar-refractivity contribution in [1.29, 1.82) is 0 Å². The van der Waals surface area contributed by atoms with Gasteiger partial charge in [0.2, 0.25) is 0 Å². The summed E-state index contributed by atoms with van der Waals surface area (Å²) in [7, 11) is 0. The van der Waals surface area contributed by atoms with E-state index in [1.807, 2.05) is 55.5 Å². The minimum atomic E-state index is -0.967. The van der Waals surface area contributed by atoms with Crippen LogP contribution in [0.3, 0.4) is 0 Å².